The molecule has 87 heavy (non-hydrogen) atoms. The van der Waals surface area contributed by atoms with E-state index < -0.39 is 13.8 Å². The molecular formula is C81H156N6. The summed E-state index contributed by atoms with van der Waals surface area (Å²) in [6, 6.07) is 26.5. The molecule has 0 aliphatic heterocycles. The van der Waals surface area contributed by atoms with Crippen molar-refractivity contribution in [3.05, 3.63) is 89.0 Å². The largest absolute Gasteiger partial charge is 0.369 e. The molecule has 0 aliphatic rings. The quantitative estimate of drug-likeness (QED) is 0.0589. The van der Waals surface area contributed by atoms with E-state index in [1.807, 2.05) is 32.9 Å². The topological polar surface area (TPSA) is 19.4 Å². The first-order chi connectivity index (χ1) is 42.9. The predicted octanol–water partition coefficient (Wildman–Crippen LogP) is 23.3. The average molecular weight is 1220 g/mol. The molecule has 0 amide bonds. The number of nitrogens with zero attached hydrogens (tertiary/aromatic N) is 6. The van der Waals surface area contributed by atoms with Crippen molar-refractivity contribution in [2.75, 3.05) is 68.0 Å². The summed E-state index contributed by atoms with van der Waals surface area (Å²) in [6.45, 7) is 66.9. The summed E-state index contributed by atoms with van der Waals surface area (Å²) in [7, 11) is 2.20. The van der Waals surface area contributed by atoms with Crippen molar-refractivity contribution in [1.82, 2.24) is 14.7 Å². The van der Waals surface area contributed by atoms with Crippen LogP contribution in [0.3, 0.4) is 0 Å². The first-order valence-corrected chi connectivity index (χ1v) is 35.7. The molecule has 0 fully saturated rings. The van der Waals surface area contributed by atoms with Crippen molar-refractivity contribution >= 4 is 17.1 Å². The molecule has 0 saturated carbocycles. The number of benzene rings is 3. The van der Waals surface area contributed by atoms with Gasteiger partial charge in [0.1, 0.15) is 0 Å². The standard InChI is InChI=1S/2C17H29N.C15H25N.C12H27N.2C10H23N/c2*1-13(2)9-8-12-18(14(3)4)17-15(5)10-7-11-16(17)6;1-13(2)9-8-12-16(14(3)4)15-10-6-5-7-11-15;1-10(2)8-7-9-13(11(3)4)12(5)6;2*1-9(2)7-6-8-11(5)10(3)4/h2*7,10-11,13-14H,8-9,12H2,1-6H3;5-7,10-11,13-14H,8-9,12H2,1-4H3;10-12H,7-9H2,1-6H3;2*9-10H,6-8H2,1-5H3/i5D3;;;;5D3;. The summed E-state index contributed by atoms with van der Waals surface area (Å²) < 4.78 is 45.5. The van der Waals surface area contributed by atoms with Crippen molar-refractivity contribution in [3.8, 4) is 0 Å². The van der Waals surface area contributed by atoms with Crippen molar-refractivity contribution in [2.45, 2.75) is 327 Å². The van der Waals surface area contributed by atoms with Crippen LogP contribution in [0.1, 0.15) is 288 Å². The lowest BCUT2D eigenvalue weighted by molar-refractivity contribution is 0.169. The molecule has 6 heteroatoms. The van der Waals surface area contributed by atoms with Crippen LogP contribution in [0.2, 0.25) is 0 Å². The third kappa shape index (κ3) is 45.8. The van der Waals surface area contributed by atoms with Crippen LogP contribution in [0.15, 0.2) is 66.7 Å². The molecule has 0 aromatic heterocycles. The maximum absolute atomic E-state index is 7.80. The fourth-order valence-electron chi connectivity index (χ4n) is 10.6. The number of aryl methyl sites for hydroxylation is 4. The van der Waals surface area contributed by atoms with Crippen molar-refractivity contribution < 1.29 is 8.22 Å². The number of anilines is 3. The molecule has 0 saturated heterocycles. The van der Waals surface area contributed by atoms with Crippen LogP contribution in [0, 0.1) is 63.1 Å². The Kier molecular flexibility index (Phi) is 45.3. The summed E-state index contributed by atoms with van der Waals surface area (Å²) >= 11 is 0. The lowest BCUT2D eigenvalue weighted by atomic mass is 10.0. The highest BCUT2D eigenvalue weighted by atomic mass is 15.2. The Labute approximate surface area is 557 Å². The normalized spacial score (nSPS) is 12.9. The highest BCUT2D eigenvalue weighted by Crippen LogP contribution is 2.29. The predicted molar refractivity (Wildman–Crippen MR) is 403 cm³/mol. The van der Waals surface area contributed by atoms with E-state index in [-0.39, 0.29) is 6.04 Å². The third-order valence-corrected chi connectivity index (χ3v) is 16.3. The second-order valence-corrected chi connectivity index (χ2v) is 29.9. The minimum Gasteiger partial charge on any atom is -0.369 e. The van der Waals surface area contributed by atoms with Crippen LogP contribution in [0.4, 0.5) is 17.1 Å². The molecule has 3 rings (SSSR count). The van der Waals surface area contributed by atoms with Gasteiger partial charge in [-0.3, -0.25) is 4.90 Å². The summed E-state index contributed by atoms with van der Waals surface area (Å²) in [5.41, 5.74) is 8.00. The molecule has 510 valence electrons. The monoisotopic (exact) mass is 1220 g/mol. The zero-order valence-electron chi connectivity index (χ0n) is 69.8. The average Bonchev–Trinajstić information content (AvgIpc) is 0.804. The van der Waals surface area contributed by atoms with Gasteiger partial charge in [-0.1, -0.05) is 138 Å². The van der Waals surface area contributed by atoms with Crippen LogP contribution in [-0.2, 0) is 0 Å². The van der Waals surface area contributed by atoms with Gasteiger partial charge in [-0.2, -0.15) is 0 Å². The fraction of sp³-hybridized carbons (Fsp3) is 0.778. The summed E-state index contributed by atoms with van der Waals surface area (Å²) in [6.07, 6.45) is 14.9. The Bertz CT molecular complexity index is 2190. The maximum atomic E-state index is 7.80. The van der Waals surface area contributed by atoms with Crippen LogP contribution in [-0.4, -0.2) is 110 Å². The van der Waals surface area contributed by atoms with Crippen LogP contribution >= 0.6 is 0 Å². The molecule has 0 bridgehead atoms. The van der Waals surface area contributed by atoms with E-state index in [4.69, 9.17) is 8.22 Å². The molecule has 0 spiro atoms. The molecule has 0 radical (unpaired) electrons. The minimum absolute atomic E-state index is 0.0923. The summed E-state index contributed by atoms with van der Waals surface area (Å²) in [5, 5.41) is 0. The number of rotatable bonds is 34. The third-order valence-electron chi connectivity index (χ3n) is 16.3. The van der Waals surface area contributed by atoms with E-state index in [2.05, 4.69) is 260 Å². The molecule has 0 aliphatic carbocycles. The zero-order chi connectivity index (χ0) is 72.5. The van der Waals surface area contributed by atoms with Gasteiger partial charge >= 0.3 is 0 Å². The van der Waals surface area contributed by atoms with Crippen molar-refractivity contribution in [2.24, 2.45) is 35.5 Å². The van der Waals surface area contributed by atoms with E-state index in [1.54, 1.807) is 11.0 Å². The molecule has 6 nitrogen and oxygen atoms in total. The van der Waals surface area contributed by atoms with Crippen LogP contribution in [0.25, 0.3) is 0 Å². The molecule has 0 heterocycles. The fourth-order valence-corrected chi connectivity index (χ4v) is 10.6. The Morgan fingerprint density at radius 2 is 0.586 bits per heavy atom. The number of para-hydroxylation sites is 3. The molecule has 0 atom stereocenters. The van der Waals surface area contributed by atoms with Gasteiger partial charge in [-0.05, 0) is 305 Å². The van der Waals surface area contributed by atoms with Gasteiger partial charge in [-0.15, -0.1) is 0 Å². The van der Waals surface area contributed by atoms with E-state index in [0.29, 0.717) is 60.2 Å². The summed E-state index contributed by atoms with van der Waals surface area (Å²) in [4.78, 5) is 13.9. The van der Waals surface area contributed by atoms with Gasteiger partial charge in [-0.25, -0.2) is 0 Å². The molecular weight excluding hydrogens is 1060 g/mol. The second-order valence-electron chi connectivity index (χ2n) is 29.9. The first-order valence-electron chi connectivity index (χ1n) is 38.7. The lowest BCUT2D eigenvalue weighted by Gasteiger charge is -2.32. The van der Waals surface area contributed by atoms with Crippen molar-refractivity contribution in [3.63, 3.8) is 0 Å². The number of hydrogen-bond acceptors (Lipinski definition) is 6. The highest BCUT2D eigenvalue weighted by molar-refractivity contribution is 5.60. The van der Waals surface area contributed by atoms with Gasteiger partial charge in [0.15, 0.2) is 0 Å². The highest BCUT2D eigenvalue weighted by Gasteiger charge is 2.17. The van der Waals surface area contributed by atoms with Gasteiger partial charge in [0, 0.05) is 87.2 Å². The van der Waals surface area contributed by atoms with Gasteiger partial charge in [0.05, 0.1) is 0 Å². The van der Waals surface area contributed by atoms with E-state index in [9.17, 15) is 0 Å². The Morgan fingerprint density at radius 3 is 0.874 bits per heavy atom. The first kappa shape index (κ1) is 76.4. The van der Waals surface area contributed by atoms with E-state index in [1.165, 1.54) is 100 Å². The van der Waals surface area contributed by atoms with Crippen molar-refractivity contribution in [1.29, 1.82) is 0 Å². The second kappa shape index (κ2) is 51.5. The lowest BCUT2D eigenvalue weighted by Crippen LogP contribution is -2.37. The smallest absolute Gasteiger partial charge is 0.0427 e. The van der Waals surface area contributed by atoms with Crippen LogP contribution in [0.5, 0.6) is 0 Å². The molecule has 3 aromatic carbocycles. The van der Waals surface area contributed by atoms with E-state index >= 15 is 0 Å². The molecule has 0 unspecified atom stereocenters. The van der Waals surface area contributed by atoms with E-state index in [0.717, 1.165) is 67.2 Å². The minimum atomic E-state index is -2.06. The van der Waals surface area contributed by atoms with Gasteiger partial charge in [0.25, 0.3) is 0 Å². The maximum Gasteiger partial charge on any atom is 0.0427 e. The zero-order valence-corrected chi connectivity index (χ0v) is 63.8. The Hall–Kier alpha value is -3.06. The molecule has 3 aromatic rings. The number of hydrogen-bond donors (Lipinski definition) is 0. The Balaban J connectivity index is -0.00000106. The SMILES string of the molecule is CC(C)CCCN(C(C)C)C(C)C.CC(C)CCCN(C)C(C)C.CC(C)CCCN(c1ccccc1)C(C)C.Cc1cccc(C)c1N(CCCC(C)C)C(C)C.[2H]C([2H])([2H])N(CCCC(C)C)C(C)C.[2H]C([2H])([2H])c1cccc(C)c1N(CCCC(C)C)C(C)C. The van der Waals surface area contributed by atoms with Crippen LogP contribution < -0.4 is 14.7 Å². The Morgan fingerprint density at radius 1 is 0.299 bits per heavy atom. The summed E-state index contributed by atoms with van der Waals surface area (Å²) in [5.74, 6) is 4.65. The van der Waals surface area contributed by atoms with Gasteiger partial charge in [0.2, 0.25) is 0 Å². The molecule has 0 N–H and O–H groups in total. The van der Waals surface area contributed by atoms with Gasteiger partial charge < -0.3 is 24.5 Å².